The first-order valence-electron chi connectivity index (χ1n) is 16.4. The standard InChI is InChI=1S/C34H46N4O7/c1-4-44-26-10-8-24(9-11-26)37-14-5-7-27-28(31(37)40)29-32(41)38(25(22-39)21-23(2)3)30-33(42)36(13-6-12-34(29,30)45-27)16-15-35-17-19-43-20-18-35/h5-12,23,25,27-30,39H,4,13-22H2,1-3H3/t25-,27-,28+,29+,30?,34+/m1/s1. The van der Waals surface area contributed by atoms with Crippen molar-refractivity contribution >= 4 is 23.4 Å². The Morgan fingerprint density at radius 1 is 1.00 bits per heavy atom. The van der Waals surface area contributed by atoms with Crippen LogP contribution in [-0.2, 0) is 23.9 Å². The fourth-order valence-corrected chi connectivity index (χ4v) is 7.75. The van der Waals surface area contributed by atoms with E-state index in [9.17, 15) is 19.5 Å². The Labute approximate surface area is 265 Å². The van der Waals surface area contributed by atoms with Crippen molar-refractivity contribution in [2.75, 3.05) is 70.6 Å². The second-order valence-corrected chi connectivity index (χ2v) is 13.0. The van der Waals surface area contributed by atoms with Gasteiger partial charge in [0.15, 0.2) is 0 Å². The van der Waals surface area contributed by atoms with Crippen LogP contribution in [0.1, 0.15) is 27.2 Å². The molecule has 3 amide bonds. The number of nitrogens with zero attached hydrogens (tertiary/aromatic N) is 4. The number of rotatable bonds is 10. The summed E-state index contributed by atoms with van der Waals surface area (Å²) in [5, 5.41) is 10.6. The Hall–Kier alpha value is -3.25. The van der Waals surface area contributed by atoms with Gasteiger partial charge in [0.1, 0.15) is 17.4 Å². The van der Waals surface area contributed by atoms with E-state index >= 15 is 0 Å². The van der Waals surface area contributed by atoms with Crippen LogP contribution < -0.4 is 9.64 Å². The largest absolute Gasteiger partial charge is 0.494 e. The van der Waals surface area contributed by atoms with E-state index in [0.717, 1.165) is 13.1 Å². The minimum absolute atomic E-state index is 0.173. The van der Waals surface area contributed by atoms with Crippen LogP contribution in [0.3, 0.4) is 0 Å². The molecule has 0 bridgehead atoms. The maximum absolute atomic E-state index is 14.7. The maximum Gasteiger partial charge on any atom is 0.249 e. The highest BCUT2D eigenvalue weighted by molar-refractivity contribution is 6.04. The van der Waals surface area contributed by atoms with Crippen molar-refractivity contribution in [3.05, 3.63) is 48.6 Å². The van der Waals surface area contributed by atoms with Crippen molar-refractivity contribution in [3.63, 3.8) is 0 Å². The number of likely N-dealkylation sites (tertiary alicyclic amines) is 1. The first kappa shape index (κ1) is 31.7. The molecule has 244 valence electrons. The Bertz CT molecular complexity index is 1310. The number of anilines is 1. The van der Waals surface area contributed by atoms with Gasteiger partial charge in [0.2, 0.25) is 17.7 Å². The van der Waals surface area contributed by atoms with Gasteiger partial charge in [-0.15, -0.1) is 0 Å². The molecule has 1 unspecified atom stereocenters. The minimum Gasteiger partial charge on any atom is -0.494 e. The molecule has 6 rings (SSSR count). The summed E-state index contributed by atoms with van der Waals surface area (Å²) < 4.78 is 17.9. The van der Waals surface area contributed by atoms with Crippen LogP contribution in [0.4, 0.5) is 5.69 Å². The molecule has 11 nitrogen and oxygen atoms in total. The van der Waals surface area contributed by atoms with Gasteiger partial charge < -0.3 is 34.0 Å². The van der Waals surface area contributed by atoms with E-state index in [1.807, 2.05) is 69.3 Å². The first-order chi connectivity index (χ1) is 21.8. The Balaban J connectivity index is 1.35. The van der Waals surface area contributed by atoms with Crippen LogP contribution in [0.15, 0.2) is 48.6 Å². The molecule has 11 heteroatoms. The van der Waals surface area contributed by atoms with Crippen LogP contribution in [0.2, 0.25) is 0 Å². The summed E-state index contributed by atoms with van der Waals surface area (Å²) >= 11 is 0. The van der Waals surface area contributed by atoms with E-state index < -0.39 is 35.6 Å². The summed E-state index contributed by atoms with van der Waals surface area (Å²) in [5.41, 5.74) is -0.632. The van der Waals surface area contributed by atoms with Crippen molar-refractivity contribution in [1.29, 1.82) is 0 Å². The normalized spacial score (nSPS) is 30.8. The highest BCUT2D eigenvalue weighted by Gasteiger charge is 2.72. The average molecular weight is 623 g/mol. The molecule has 5 aliphatic rings. The smallest absolute Gasteiger partial charge is 0.249 e. The van der Waals surface area contributed by atoms with Gasteiger partial charge in [-0.2, -0.15) is 0 Å². The first-order valence-corrected chi connectivity index (χ1v) is 16.4. The molecule has 0 saturated carbocycles. The highest BCUT2D eigenvalue weighted by Crippen LogP contribution is 2.54. The molecular formula is C34H46N4O7. The quantitative estimate of drug-likeness (QED) is 0.393. The van der Waals surface area contributed by atoms with Gasteiger partial charge in [-0.05, 0) is 43.5 Å². The van der Waals surface area contributed by atoms with E-state index in [2.05, 4.69) is 4.90 Å². The second kappa shape index (κ2) is 13.2. The number of aliphatic hydroxyl groups excluding tert-OH is 1. The number of ether oxygens (including phenoxy) is 3. The molecule has 0 radical (unpaired) electrons. The van der Waals surface area contributed by atoms with Crippen LogP contribution in [0.5, 0.6) is 5.75 Å². The lowest BCUT2D eigenvalue weighted by Gasteiger charge is -2.39. The lowest BCUT2D eigenvalue weighted by Crippen LogP contribution is -2.59. The molecule has 1 spiro atoms. The van der Waals surface area contributed by atoms with Crippen LogP contribution in [-0.4, -0.2) is 127 Å². The third-order valence-electron chi connectivity index (χ3n) is 9.78. The second-order valence-electron chi connectivity index (χ2n) is 13.0. The Morgan fingerprint density at radius 2 is 1.76 bits per heavy atom. The van der Waals surface area contributed by atoms with Gasteiger partial charge in [-0.25, -0.2) is 0 Å². The monoisotopic (exact) mass is 622 g/mol. The van der Waals surface area contributed by atoms with Crippen molar-refractivity contribution in [1.82, 2.24) is 14.7 Å². The fourth-order valence-electron chi connectivity index (χ4n) is 7.75. The van der Waals surface area contributed by atoms with E-state index in [1.54, 1.807) is 14.7 Å². The zero-order chi connectivity index (χ0) is 31.7. The van der Waals surface area contributed by atoms with Crippen molar-refractivity contribution in [2.45, 2.75) is 51.0 Å². The number of amides is 3. The lowest BCUT2D eigenvalue weighted by molar-refractivity contribution is -0.150. The molecule has 1 aromatic carbocycles. The SMILES string of the molecule is CCOc1ccc(N2CC=C[C@H]3O[C@]45C=CCN(CCN6CCOCC6)C(=O)C4N([C@@H](CO)CC(C)C)C(=O)[C@@H]5[C@H]3C2=O)cc1. The summed E-state index contributed by atoms with van der Waals surface area (Å²) in [6.45, 7) is 11.1. The van der Waals surface area contributed by atoms with E-state index in [4.69, 9.17) is 14.2 Å². The Kier molecular flexibility index (Phi) is 9.33. The number of hydrogen-bond acceptors (Lipinski definition) is 8. The van der Waals surface area contributed by atoms with E-state index in [-0.39, 0.29) is 30.2 Å². The molecular weight excluding hydrogens is 576 g/mol. The number of benzene rings is 1. The molecule has 1 N–H and O–H groups in total. The molecule has 6 atom stereocenters. The molecule has 5 aliphatic heterocycles. The number of carbonyl (C=O) groups is 3. The molecule has 0 aromatic heterocycles. The topological polar surface area (TPSA) is 112 Å². The minimum atomic E-state index is -1.33. The summed E-state index contributed by atoms with van der Waals surface area (Å²) in [4.78, 5) is 51.0. The number of aliphatic hydroxyl groups is 1. The fraction of sp³-hybridized carbons (Fsp3) is 0.618. The molecule has 1 aromatic rings. The van der Waals surface area contributed by atoms with E-state index in [0.29, 0.717) is 63.9 Å². The van der Waals surface area contributed by atoms with Gasteiger partial charge in [-0.3, -0.25) is 19.3 Å². The predicted octanol–water partition coefficient (Wildman–Crippen LogP) is 1.71. The van der Waals surface area contributed by atoms with Gasteiger partial charge in [0.05, 0.1) is 50.4 Å². The van der Waals surface area contributed by atoms with Gasteiger partial charge >= 0.3 is 0 Å². The molecule has 45 heavy (non-hydrogen) atoms. The third-order valence-corrected chi connectivity index (χ3v) is 9.78. The Morgan fingerprint density at radius 3 is 2.44 bits per heavy atom. The zero-order valence-corrected chi connectivity index (χ0v) is 26.5. The lowest BCUT2D eigenvalue weighted by atomic mass is 9.77. The molecule has 3 saturated heterocycles. The number of fused-ring (bicyclic) bond motifs is 2. The van der Waals surface area contributed by atoms with E-state index in [1.165, 1.54) is 0 Å². The summed E-state index contributed by atoms with van der Waals surface area (Å²) in [6.07, 6.45) is 7.41. The summed E-state index contributed by atoms with van der Waals surface area (Å²) in [7, 11) is 0. The highest BCUT2D eigenvalue weighted by atomic mass is 16.5. The molecule has 5 heterocycles. The van der Waals surface area contributed by atoms with Gasteiger partial charge in [0, 0.05) is 45.0 Å². The van der Waals surface area contributed by atoms with Crippen LogP contribution >= 0.6 is 0 Å². The van der Waals surface area contributed by atoms with Gasteiger partial charge in [-0.1, -0.05) is 38.2 Å². The van der Waals surface area contributed by atoms with Crippen molar-refractivity contribution in [2.24, 2.45) is 17.8 Å². The summed E-state index contributed by atoms with van der Waals surface area (Å²) in [6, 6.07) is 5.79. The number of morpholine rings is 1. The summed E-state index contributed by atoms with van der Waals surface area (Å²) in [5.74, 6) is -1.59. The number of hydrogen-bond donors (Lipinski definition) is 1. The zero-order valence-electron chi connectivity index (χ0n) is 26.5. The van der Waals surface area contributed by atoms with Crippen molar-refractivity contribution in [3.8, 4) is 5.75 Å². The average Bonchev–Trinajstić information content (AvgIpc) is 3.36. The van der Waals surface area contributed by atoms with Crippen molar-refractivity contribution < 1.29 is 33.7 Å². The number of carbonyl (C=O) groups excluding carboxylic acids is 3. The third kappa shape index (κ3) is 5.80. The van der Waals surface area contributed by atoms with Crippen LogP contribution in [0, 0.1) is 17.8 Å². The van der Waals surface area contributed by atoms with Crippen LogP contribution in [0.25, 0.3) is 0 Å². The maximum atomic E-state index is 14.7. The van der Waals surface area contributed by atoms with Gasteiger partial charge in [0.25, 0.3) is 0 Å². The molecule has 0 aliphatic carbocycles. The predicted molar refractivity (Wildman–Crippen MR) is 168 cm³/mol. The molecule has 3 fully saturated rings.